The van der Waals surface area contributed by atoms with Crippen LogP contribution in [0.25, 0.3) is 5.69 Å². The van der Waals surface area contributed by atoms with Gasteiger partial charge in [0.15, 0.2) is 0 Å². The number of para-hydroxylation sites is 1. The van der Waals surface area contributed by atoms with Gasteiger partial charge in [0.2, 0.25) is 0 Å². The molecule has 0 saturated heterocycles. The summed E-state index contributed by atoms with van der Waals surface area (Å²) in [5, 5.41) is 0. The summed E-state index contributed by atoms with van der Waals surface area (Å²) in [4.78, 5) is 13.7. The topological polar surface area (TPSA) is 71.9 Å². The van der Waals surface area contributed by atoms with Crippen molar-refractivity contribution in [1.82, 2.24) is 9.55 Å². The lowest BCUT2D eigenvalue weighted by Crippen LogP contribution is -2.16. The lowest BCUT2D eigenvalue weighted by atomic mass is 10.3. The molecule has 0 bridgehead atoms. The van der Waals surface area contributed by atoms with E-state index in [2.05, 4.69) is 4.98 Å². The fraction of sp³-hybridized carbons (Fsp3) is 0. The standard InChI is InChI=1S/C9H7ClN2O3S/c10-16(14,15)8-4-2-1-3-7(8)12-6-5-11-9(12)13/h1-6H,(H,11,13). The summed E-state index contributed by atoms with van der Waals surface area (Å²) in [6.07, 6.45) is 2.85. The number of H-pyrrole nitrogens is 1. The van der Waals surface area contributed by atoms with E-state index in [1.165, 1.54) is 35.2 Å². The van der Waals surface area contributed by atoms with E-state index in [-0.39, 0.29) is 10.6 Å². The summed E-state index contributed by atoms with van der Waals surface area (Å²) in [5.41, 5.74) is -0.198. The van der Waals surface area contributed by atoms with Gasteiger partial charge in [-0.15, -0.1) is 0 Å². The lowest BCUT2D eigenvalue weighted by Gasteiger charge is -2.05. The van der Waals surface area contributed by atoms with E-state index in [1.54, 1.807) is 6.07 Å². The smallest absolute Gasteiger partial charge is 0.312 e. The van der Waals surface area contributed by atoms with Gasteiger partial charge < -0.3 is 4.98 Å². The van der Waals surface area contributed by atoms with Crippen LogP contribution in [0.2, 0.25) is 0 Å². The van der Waals surface area contributed by atoms with Gasteiger partial charge in [-0.1, -0.05) is 12.1 Å². The van der Waals surface area contributed by atoms with Crippen LogP contribution < -0.4 is 5.69 Å². The van der Waals surface area contributed by atoms with Crippen LogP contribution in [0.3, 0.4) is 0 Å². The summed E-state index contributed by atoms with van der Waals surface area (Å²) in [6.45, 7) is 0. The Morgan fingerprint density at radius 2 is 1.94 bits per heavy atom. The fourth-order valence-electron chi connectivity index (χ4n) is 1.37. The Morgan fingerprint density at radius 1 is 1.25 bits per heavy atom. The molecular weight excluding hydrogens is 252 g/mol. The van der Waals surface area contributed by atoms with Crippen molar-refractivity contribution in [3.63, 3.8) is 0 Å². The minimum Gasteiger partial charge on any atom is -0.312 e. The number of benzene rings is 1. The number of imidazole rings is 1. The number of aromatic nitrogens is 2. The van der Waals surface area contributed by atoms with Gasteiger partial charge in [0, 0.05) is 23.1 Å². The molecule has 2 rings (SSSR count). The molecule has 0 saturated carbocycles. The third-order valence-corrected chi connectivity index (χ3v) is 3.41. The molecule has 0 spiro atoms. The van der Waals surface area contributed by atoms with Crippen molar-refractivity contribution < 1.29 is 8.42 Å². The van der Waals surface area contributed by atoms with Crippen LogP contribution in [-0.4, -0.2) is 18.0 Å². The zero-order chi connectivity index (χ0) is 11.8. The number of rotatable bonds is 2. The van der Waals surface area contributed by atoms with Gasteiger partial charge in [-0.25, -0.2) is 13.2 Å². The lowest BCUT2D eigenvalue weighted by molar-refractivity contribution is 0.609. The maximum Gasteiger partial charge on any atom is 0.330 e. The number of hydrogen-bond donors (Lipinski definition) is 1. The van der Waals surface area contributed by atoms with Crippen LogP contribution in [0.15, 0.2) is 46.3 Å². The van der Waals surface area contributed by atoms with E-state index in [1.807, 2.05) is 0 Å². The van der Waals surface area contributed by atoms with E-state index >= 15 is 0 Å². The van der Waals surface area contributed by atoms with Gasteiger partial charge >= 0.3 is 5.69 Å². The third-order valence-electron chi connectivity index (χ3n) is 2.04. The third kappa shape index (κ3) is 1.89. The number of nitrogens with one attached hydrogen (secondary N) is 1. The minimum atomic E-state index is -3.88. The Bertz CT molecular complexity index is 672. The summed E-state index contributed by atoms with van der Waals surface area (Å²) >= 11 is 0. The van der Waals surface area contributed by atoms with Gasteiger partial charge in [-0.05, 0) is 12.1 Å². The molecule has 1 aromatic carbocycles. The Balaban J connectivity index is 2.77. The van der Waals surface area contributed by atoms with Gasteiger partial charge in [0.05, 0.1) is 5.69 Å². The highest BCUT2D eigenvalue weighted by Crippen LogP contribution is 2.21. The minimum absolute atomic E-state index is 0.0987. The highest BCUT2D eigenvalue weighted by molar-refractivity contribution is 8.13. The van der Waals surface area contributed by atoms with Crippen molar-refractivity contribution in [2.45, 2.75) is 4.90 Å². The largest absolute Gasteiger partial charge is 0.330 e. The molecule has 16 heavy (non-hydrogen) atoms. The molecule has 2 aromatic rings. The van der Waals surface area contributed by atoms with E-state index in [0.29, 0.717) is 0 Å². The average molecular weight is 259 g/mol. The second kappa shape index (κ2) is 3.80. The molecule has 0 aliphatic rings. The molecule has 0 aliphatic heterocycles. The Hall–Kier alpha value is -1.53. The van der Waals surface area contributed by atoms with E-state index < -0.39 is 14.7 Å². The predicted molar refractivity (Wildman–Crippen MR) is 59.4 cm³/mol. The molecule has 0 atom stereocenters. The van der Waals surface area contributed by atoms with E-state index in [0.717, 1.165) is 0 Å². The molecule has 0 fully saturated rings. The normalized spacial score (nSPS) is 11.6. The van der Waals surface area contributed by atoms with Gasteiger partial charge in [0.1, 0.15) is 4.90 Å². The summed E-state index contributed by atoms with van der Waals surface area (Å²) < 4.78 is 23.8. The second-order valence-corrected chi connectivity index (χ2v) is 5.58. The van der Waals surface area contributed by atoms with Crippen LogP contribution in [-0.2, 0) is 9.05 Å². The van der Waals surface area contributed by atoms with Crippen molar-refractivity contribution in [1.29, 1.82) is 0 Å². The molecule has 7 heteroatoms. The first-order valence-electron chi connectivity index (χ1n) is 4.30. The molecule has 0 aliphatic carbocycles. The van der Waals surface area contributed by atoms with E-state index in [4.69, 9.17) is 10.7 Å². The number of aromatic amines is 1. The molecule has 1 heterocycles. The van der Waals surface area contributed by atoms with E-state index in [9.17, 15) is 13.2 Å². The monoisotopic (exact) mass is 258 g/mol. The first kappa shape index (κ1) is 11.0. The molecule has 0 amide bonds. The molecule has 0 unspecified atom stereocenters. The first-order chi connectivity index (χ1) is 7.50. The molecule has 1 aromatic heterocycles. The van der Waals surface area contributed by atoms with Crippen molar-refractivity contribution in [3.05, 3.63) is 47.1 Å². The van der Waals surface area contributed by atoms with Crippen molar-refractivity contribution in [2.24, 2.45) is 0 Å². The molecule has 84 valence electrons. The van der Waals surface area contributed by atoms with Crippen molar-refractivity contribution in [2.75, 3.05) is 0 Å². The SMILES string of the molecule is O=c1[nH]ccn1-c1ccccc1S(=O)(=O)Cl. The average Bonchev–Trinajstić information content (AvgIpc) is 2.63. The highest BCUT2D eigenvalue weighted by Gasteiger charge is 2.16. The molecule has 1 N–H and O–H groups in total. The van der Waals surface area contributed by atoms with Crippen LogP contribution in [0.1, 0.15) is 0 Å². The summed E-state index contributed by atoms with van der Waals surface area (Å²) in [6, 6.07) is 6.01. The quantitative estimate of drug-likeness (QED) is 0.820. The number of halogens is 1. The van der Waals surface area contributed by atoms with Gasteiger partial charge in [-0.2, -0.15) is 0 Å². The molecular formula is C9H7ClN2O3S. The fourth-order valence-corrected chi connectivity index (χ4v) is 2.42. The maximum atomic E-state index is 11.4. The number of hydrogen-bond acceptors (Lipinski definition) is 3. The number of nitrogens with zero attached hydrogens (tertiary/aromatic N) is 1. The maximum absolute atomic E-state index is 11.4. The first-order valence-corrected chi connectivity index (χ1v) is 6.61. The predicted octanol–water partition coefficient (Wildman–Crippen LogP) is 1.09. The van der Waals surface area contributed by atoms with Gasteiger partial charge in [0.25, 0.3) is 9.05 Å². The Labute approximate surface area is 95.7 Å². The summed E-state index contributed by atoms with van der Waals surface area (Å²) in [5.74, 6) is 0. The van der Waals surface area contributed by atoms with Crippen molar-refractivity contribution in [3.8, 4) is 5.69 Å². The second-order valence-electron chi connectivity index (χ2n) is 3.04. The Morgan fingerprint density at radius 3 is 2.50 bits per heavy atom. The Kier molecular flexibility index (Phi) is 2.61. The zero-order valence-electron chi connectivity index (χ0n) is 7.92. The van der Waals surface area contributed by atoms with Crippen molar-refractivity contribution >= 4 is 19.7 Å². The zero-order valence-corrected chi connectivity index (χ0v) is 9.49. The molecule has 0 radical (unpaired) electrons. The van der Waals surface area contributed by atoms with Gasteiger partial charge in [-0.3, -0.25) is 4.57 Å². The highest BCUT2D eigenvalue weighted by atomic mass is 35.7. The summed E-state index contributed by atoms with van der Waals surface area (Å²) in [7, 11) is 1.40. The van der Waals surface area contributed by atoms with Crippen LogP contribution in [0, 0.1) is 0 Å². The van der Waals surface area contributed by atoms with Crippen LogP contribution >= 0.6 is 10.7 Å². The van der Waals surface area contributed by atoms with Crippen LogP contribution in [0.5, 0.6) is 0 Å². The molecule has 5 nitrogen and oxygen atoms in total. The van der Waals surface area contributed by atoms with Crippen LogP contribution in [0.4, 0.5) is 0 Å².